The molecule has 35 heavy (non-hydrogen) atoms. The van der Waals surface area contributed by atoms with E-state index in [0.29, 0.717) is 23.7 Å². The van der Waals surface area contributed by atoms with Gasteiger partial charge >= 0.3 is 0 Å². The third-order valence-electron chi connectivity index (χ3n) is 10.00. The van der Waals surface area contributed by atoms with Gasteiger partial charge in [0.15, 0.2) is 0 Å². The first kappa shape index (κ1) is 17.6. The van der Waals surface area contributed by atoms with Gasteiger partial charge in [-0.2, -0.15) is 0 Å². The van der Waals surface area contributed by atoms with Crippen LogP contribution in [0.4, 0.5) is 0 Å². The Bertz CT molecular complexity index is 1660. The van der Waals surface area contributed by atoms with E-state index in [0.717, 1.165) is 22.9 Å². The molecule has 0 amide bonds. The molecule has 2 saturated carbocycles. The number of pyridine rings is 2. The fourth-order valence-electron chi connectivity index (χ4n) is 8.86. The predicted octanol–water partition coefficient (Wildman–Crippen LogP) is 7.80. The Morgan fingerprint density at radius 3 is 1.34 bits per heavy atom. The van der Waals surface area contributed by atoms with Gasteiger partial charge in [-0.15, -0.1) is 0 Å². The van der Waals surface area contributed by atoms with Crippen molar-refractivity contribution in [2.24, 2.45) is 11.8 Å². The number of benzene rings is 4. The van der Waals surface area contributed by atoms with E-state index >= 15 is 0 Å². The normalized spacial score (nSPS) is 29.0. The number of aromatic nitrogens is 2. The van der Waals surface area contributed by atoms with E-state index in [2.05, 4.69) is 84.9 Å². The first-order valence-electron chi connectivity index (χ1n) is 13.0. The fourth-order valence-corrected chi connectivity index (χ4v) is 8.86. The largest absolute Gasteiger partial charge is 0.252 e. The lowest BCUT2D eigenvalue weighted by molar-refractivity contribution is 0.350. The molecule has 2 fully saturated rings. The molecule has 2 bridgehead atoms. The molecule has 10 rings (SSSR count). The van der Waals surface area contributed by atoms with Crippen LogP contribution in [-0.4, -0.2) is 9.97 Å². The molecule has 2 heterocycles. The molecule has 0 aliphatic heterocycles. The van der Waals surface area contributed by atoms with E-state index in [9.17, 15) is 0 Å². The van der Waals surface area contributed by atoms with Crippen LogP contribution in [0.2, 0.25) is 0 Å². The average molecular weight is 447 g/mol. The molecule has 0 saturated heterocycles. The maximum Gasteiger partial charge on any atom is 0.0712 e. The van der Waals surface area contributed by atoms with Crippen LogP contribution >= 0.6 is 0 Å². The molecule has 6 aromatic rings. The maximum absolute atomic E-state index is 5.39. The molecule has 4 aliphatic rings. The minimum atomic E-state index is 0.541. The Balaban J connectivity index is 1.22. The van der Waals surface area contributed by atoms with E-state index in [1.807, 2.05) is 0 Å². The molecule has 2 nitrogen and oxygen atoms in total. The summed E-state index contributed by atoms with van der Waals surface area (Å²) >= 11 is 0. The standard InChI is InChI=1S/C33H22N2/c1-3-7-18-13-26-20(9-16(18)5-1)11-24-28-22-15-23-29(28)25-12-21-10-17-6-2-4-8-19(17)14-27(21)35-33(25)31(23)30(22)32(24)34-26/h1-14,22-23,28-31H,15H2/t22-,23-,28-,29+,30-,31+/m1/s1. The Morgan fingerprint density at radius 2 is 0.886 bits per heavy atom. The zero-order valence-corrected chi connectivity index (χ0v) is 19.1. The highest BCUT2D eigenvalue weighted by Crippen LogP contribution is 2.78. The summed E-state index contributed by atoms with van der Waals surface area (Å²) in [5, 5.41) is 7.77. The van der Waals surface area contributed by atoms with Gasteiger partial charge in [-0.25, -0.2) is 0 Å². The molecule has 4 aromatic carbocycles. The van der Waals surface area contributed by atoms with Gasteiger partial charge in [-0.3, -0.25) is 9.97 Å². The topological polar surface area (TPSA) is 25.8 Å². The smallest absolute Gasteiger partial charge is 0.0712 e. The van der Waals surface area contributed by atoms with E-state index < -0.39 is 0 Å². The van der Waals surface area contributed by atoms with Crippen LogP contribution in [0.1, 0.15) is 52.6 Å². The van der Waals surface area contributed by atoms with Gasteiger partial charge in [0, 0.05) is 34.0 Å². The van der Waals surface area contributed by atoms with Gasteiger partial charge < -0.3 is 0 Å². The monoisotopic (exact) mass is 446 g/mol. The maximum atomic E-state index is 5.39. The second kappa shape index (κ2) is 5.71. The minimum Gasteiger partial charge on any atom is -0.252 e. The lowest BCUT2D eigenvalue weighted by atomic mass is 9.76. The average Bonchev–Trinajstić information content (AvgIpc) is 3.56. The van der Waals surface area contributed by atoms with Crippen LogP contribution in [0, 0.1) is 11.8 Å². The van der Waals surface area contributed by atoms with Gasteiger partial charge in [-0.1, -0.05) is 48.5 Å². The molecule has 6 atom stereocenters. The van der Waals surface area contributed by atoms with Crippen LogP contribution in [-0.2, 0) is 0 Å². The summed E-state index contributed by atoms with van der Waals surface area (Å²) < 4.78 is 0. The summed E-state index contributed by atoms with van der Waals surface area (Å²) in [4.78, 5) is 10.8. The highest BCUT2D eigenvalue weighted by Gasteiger charge is 2.68. The quantitative estimate of drug-likeness (QED) is 0.222. The van der Waals surface area contributed by atoms with Gasteiger partial charge in [0.25, 0.3) is 0 Å². The molecule has 0 unspecified atom stereocenters. The molecular formula is C33H22N2. The van der Waals surface area contributed by atoms with Crippen molar-refractivity contribution in [1.29, 1.82) is 0 Å². The second-order valence-electron chi connectivity index (χ2n) is 11.4. The molecule has 2 aromatic heterocycles. The zero-order valence-electron chi connectivity index (χ0n) is 19.1. The van der Waals surface area contributed by atoms with Crippen molar-refractivity contribution >= 4 is 43.4 Å². The summed E-state index contributed by atoms with van der Waals surface area (Å²) in [6, 6.07) is 31.6. The fraction of sp³-hybridized carbons (Fsp3) is 0.212. The highest BCUT2D eigenvalue weighted by molar-refractivity contribution is 5.98. The molecule has 0 N–H and O–H groups in total. The summed E-state index contributed by atoms with van der Waals surface area (Å²) in [5.74, 6) is 3.78. The number of fused-ring (bicyclic) bond motifs is 12. The molecule has 0 spiro atoms. The second-order valence-corrected chi connectivity index (χ2v) is 11.4. The first-order valence-corrected chi connectivity index (χ1v) is 13.0. The van der Waals surface area contributed by atoms with E-state index in [1.54, 1.807) is 11.1 Å². The van der Waals surface area contributed by atoms with Gasteiger partial charge in [0.1, 0.15) is 0 Å². The number of rotatable bonds is 0. The van der Waals surface area contributed by atoms with Crippen molar-refractivity contribution in [1.82, 2.24) is 9.97 Å². The Hall–Kier alpha value is -3.78. The Kier molecular flexibility index (Phi) is 2.88. The Labute approximate surface area is 202 Å². The molecule has 0 radical (unpaired) electrons. The molecule has 4 aliphatic carbocycles. The minimum absolute atomic E-state index is 0.541. The van der Waals surface area contributed by atoms with Crippen LogP contribution in [0.15, 0.2) is 84.9 Å². The van der Waals surface area contributed by atoms with Gasteiger partial charge in [0.05, 0.1) is 11.0 Å². The SMILES string of the molecule is c1ccc2cc3nc4c(cc3cc2c1)[C@H]1[C@H]2C[C@@H]3[C@H]1c1cc5cc6ccccc6cc5nc1[C@@H]3[C@H]42. The third-order valence-corrected chi connectivity index (χ3v) is 10.00. The van der Waals surface area contributed by atoms with Crippen molar-refractivity contribution in [2.75, 3.05) is 0 Å². The van der Waals surface area contributed by atoms with Crippen LogP contribution < -0.4 is 0 Å². The Morgan fingerprint density at radius 1 is 0.457 bits per heavy atom. The van der Waals surface area contributed by atoms with Crippen LogP contribution in [0.25, 0.3) is 43.4 Å². The first-order chi connectivity index (χ1) is 17.3. The number of hydrogen-bond acceptors (Lipinski definition) is 2. The number of nitrogens with zero attached hydrogens (tertiary/aromatic N) is 2. The summed E-state index contributed by atoms with van der Waals surface area (Å²) in [5.41, 5.74) is 8.18. The van der Waals surface area contributed by atoms with Crippen molar-refractivity contribution in [3.63, 3.8) is 0 Å². The highest BCUT2D eigenvalue weighted by atomic mass is 14.9. The van der Waals surface area contributed by atoms with Gasteiger partial charge in [0.2, 0.25) is 0 Å². The lowest BCUT2D eigenvalue weighted by Crippen LogP contribution is -2.17. The van der Waals surface area contributed by atoms with Crippen molar-refractivity contribution in [2.45, 2.75) is 30.1 Å². The summed E-state index contributed by atoms with van der Waals surface area (Å²) in [7, 11) is 0. The third kappa shape index (κ3) is 1.98. The van der Waals surface area contributed by atoms with Crippen LogP contribution in [0.5, 0.6) is 0 Å². The molecule has 164 valence electrons. The van der Waals surface area contributed by atoms with E-state index in [4.69, 9.17) is 9.97 Å². The van der Waals surface area contributed by atoms with E-state index in [1.165, 1.54) is 50.1 Å². The summed E-state index contributed by atoms with van der Waals surface area (Å²) in [6.07, 6.45) is 1.34. The molecular weight excluding hydrogens is 424 g/mol. The van der Waals surface area contributed by atoms with Crippen molar-refractivity contribution in [3.8, 4) is 0 Å². The van der Waals surface area contributed by atoms with Gasteiger partial charge in [-0.05, 0) is 99.2 Å². The van der Waals surface area contributed by atoms with Crippen molar-refractivity contribution in [3.05, 3.63) is 107 Å². The molecule has 2 heteroatoms. The summed E-state index contributed by atoms with van der Waals surface area (Å²) in [6.45, 7) is 0. The predicted molar refractivity (Wildman–Crippen MR) is 141 cm³/mol. The zero-order chi connectivity index (χ0) is 22.4. The van der Waals surface area contributed by atoms with Crippen LogP contribution in [0.3, 0.4) is 0 Å². The van der Waals surface area contributed by atoms with E-state index in [-0.39, 0.29) is 0 Å². The number of hydrogen-bond donors (Lipinski definition) is 0. The lowest BCUT2D eigenvalue weighted by Gasteiger charge is -2.26. The van der Waals surface area contributed by atoms with Crippen molar-refractivity contribution < 1.29 is 0 Å².